The first-order valence-electron chi connectivity index (χ1n) is 5.53. The Kier molecular flexibility index (Phi) is 3.40. The standard InChI is InChI=1S/C14H15NO2/c1-17-14(10-6-3-7-11-14)13(16)15-12-8-4-2-5-9-12/h2-10H,11H2,1H3,(H,15,16). The van der Waals surface area contributed by atoms with E-state index >= 15 is 0 Å². The topological polar surface area (TPSA) is 38.3 Å². The number of amides is 1. The van der Waals surface area contributed by atoms with Crippen LogP contribution in [0.25, 0.3) is 0 Å². The lowest BCUT2D eigenvalue weighted by atomic mass is 9.94. The van der Waals surface area contributed by atoms with Crippen molar-refractivity contribution in [3.63, 3.8) is 0 Å². The molecule has 2 rings (SSSR count). The summed E-state index contributed by atoms with van der Waals surface area (Å²) in [6.07, 6.45) is 8.00. The molecule has 3 nitrogen and oxygen atoms in total. The van der Waals surface area contributed by atoms with Crippen LogP contribution in [0.15, 0.2) is 54.6 Å². The van der Waals surface area contributed by atoms with Gasteiger partial charge < -0.3 is 10.1 Å². The van der Waals surface area contributed by atoms with Gasteiger partial charge in [-0.2, -0.15) is 0 Å². The number of benzene rings is 1. The quantitative estimate of drug-likeness (QED) is 0.865. The normalized spacial score (nSPS) is 22.4. The van der Waals surface area contributed by atoms with Gasteiger partial charge in [-0.1, -0.05) is 36.4 Å². The van der Waals surface area contributed by atoms with E-state index in [4.69, 9.17) is 4.74 Å². The average Bonchev–Trinajstić information content (AvgIpc) is 2.40. The first kappa shape index (κ1) is 11.6. The van der Waals surface area contributed by atoms with Crippen LogP contribution in [-0.2, 0) is 9.53 Å². The van der Waals surface area contributed by atoms with Gasteiger partial charge in [-0.3, -0.25) is 4.79 Å². The number of carbonyl (C=O) groups excluding carboxylic acids is 1. The first-order chi connectivity index (χ1) is 8.27. The summed E-state index contributed by atoms with van der Waals surface area (Å²) in [6.45, 7) is 0. The fourth-order valence-corrected chi connectivity index (χ4v) is 1.77. The number of hydrogen-bond acceptors (Lipinski definition) is 2. The van der Waals surface area contributed by atoms with E-state index in [9.17, 15) is 4.79 Å². The van der Waals surface area contributed by atoms with Crippen LogP contribution in [-0.4, -0.2) is 18.6 Å². The van der Waals surface area contributed by atoms with E-state index in [1.807, 2.05) is 48.6 Å². The molecule has 1 aliphatic carbocycles. The molecule has 0 fully saturated rings. The molecule has 0 saturated carbocycles. The highest BCUT2D eigenvalue weighted by Crippen LogP contribution is 2.23. The zero-order chi connectivity index (χ0) is 12.1. The Hall–Kier alpha value is -1.87. The zero-order valence-corrected chi connectivity index (χ0v) is 9.72. The predicted molar refractivity (Wildman–Crippen MR) is 67.7 cm³/mol. The molecule has 1 aromatic carbocycles. The van der Waals surface area contributed by atoms with E-state index in [2.05, 4.69) is 5.32 Å². The van der Waals surface area contributed by atoms with Crippen molar-refractivity contribution in [1.82, 2.24) is 0 Å². The Bertz CT molecular complexity index is 451. The fraction of sp³-hybridized carbons (Fsp3) is 0.214. The number of para-hydroxylation sites is 1. The molecule has 0 bridgehead atoms. The summed E-state index contributed by atoms with van der Waals surface area (Å²) in [5.74, 6) is -0.146. The molecular formula is C14H15NO2. The summed E-state index contributed by atoms with van der Waals surface area (Å²) >= 11 is 0. The molecule has 1 atom stereocenters. The summed E-state index contributed by atoms with van der Waals surface area (Å²) in [4.78, 5) is 12.2. The monoisotopic (exact) mass is 229 g/mol. The van der Waals surface area contributed by atoms with Crippen molar-refractivity contribution in [1.29, 1.82) is 0 Å². The molecule has 0 radical (unpaired) electrons. The number of anilines is 1. The van der Waals surface area contributed by atoms with Crippen LogP contribution < -0.4 is 5.32 Å². The van der Waals surface area contributed by atoms with E-state index in [0.29, 0.717) is 6.42 Å². The Morgan fingerprint density at radius 1 is 1.29 bits per heavy atom. The molecule has 0 aliphatic heterocycles. The SMILES string of the molecule is COC1(C(=O)Nc2ccccc2)C=CC=CC1. The minimum atomic E-state index is -0.884. The smallest absolute Gasteiger partial charge is 0.260 e. The molecule has 1 amide bonds. The number of hydrogen-bond donors (Lipinski definition) is 1. The average molecular weight is 229 g/mol. The highest BCUT2D eigenvalue weighted by Gasteiger charge is 2.35. The van der Waals surface area contributed by atoms with Gasteiger partial charge >= 0.3 is 0 Å². The Balaban J connectivity index is 2.14. The van der Waals surface area contributed by atoms with Gasteiger partial charge in [0, 0.05) is 19.2 Å². The summed E-state index contributed by atoms with van der Waals surface area (Å²) < 4.78 is 5.36. The maximum absolute atomic E-state index is 12.2. The van der Waals surface area contributed by atoms with Crippen LogP contribution >= 0.6 is 0 Å². The van der Waals surface area contributed by atoms with E-state index < -0.39 is 5.60 Å². The van der Waals surface area contributed by atoms with Crippen LogP contribution in [0.4, 0.5) is 5.69 Å². The number of carbonyl (C=O) groups is 1. The zero-order valence-electron chi connectivity index (χ0n) is 9.72. The fourth-order valence-electron chi connectivity index (χ4n) is 1.77. The minimum Gasteiger partial charge on any atom is -0.364 e. The molecule has 1 aliphatic rings. The highest BCUT2D eigenvalue weighted by molar-refractivity contribution is 5.99. The van der Waals surface area contributed by atoms with Gasteiger partial charge in [-0.15, -0.1) is 0 Å². The first-order valence-corrected chi connectivity index (χ1v) is 5.53. The van der Waals surface area contributed by atoms with Crippen molar-refractivity contribution in [2.24, 2.45) is 0 Å². The van der Waals surface area contributed by atoms with Gasteiger partial charge in [0.25, 0.3) is 5.91 Å². The van der Waals surface area contributed by atoms with E-state index in [-0.39, 0.29) is 5.91 Å². The van der Waals surface area contributed by atoms with Crippen molar-refractivity contribution in [3.8, 4) is 0 Å². The lowest BCUT2D eigenvalue weighted by Crippen LogP contribution is -2.43. The molecule has 0 aromatic heterocycles. The lowest BCUT2D eigenvalue weighted by molar-refractivity contribution is -0.132. The third kappa shape index (κ3) is 2.45. The maximum Gasteiger partial charge on any atom is 0.260 e. The predicted octanol–water partition coefficient (Wildman–Crippen LogP) is 2.53. The molecule has 3 heteroatoms. The number of rotatable bonds is 3. The van der Waals surface area contributed by atoms with Crippen LogP contribution in [0.2, 0.25) is 0 Å². The van der Waals surface area contributed by atoms with E-state index in [1.54, 1.807) is 13.2 Å². The molecule has 1 aromatic rings. The van der Waals surface area contributed by atoms with Crippen molar-refractivity contribution >= 4 is 11.6 Å². The second-order valence-electron chi connectivity index (χ2n) is 3.91. The molecule has 1 unspecified atom stereocenters. The highest BCUT2D eigenvalue weighted by atomic mass is 16.5. The Morgan fingerprint density at radius 2 is 2.06 bits per heavy atom. The van der Waals surface area contributed by atoms with Crippen molar-refractivity contribution in [3.05, 3.63) is 54.6 Å². The molecule has 1 N–H and O–H groups in total. The number of nitrogens with one attached hydrogen (secondary N) is 1. The van der Waals surface area contributed by atoms with E-state index in [0.717, 1.165) is 5.69 Å². The minimum absolute atomic E-state index is 0.146. The molecular weight excluding hydrogens is 214 g/mol. The van der Waals surface area contributed by atoms with Crippen LogP contribution in [0.3, 0.4) is 0 Å². The molecule has 88 valence electrons. The van der Waals surface area contributed by atoms with Crippen LogP contribution in [0.5, 0.6) is 0 Å². The molecule has 0 spiro atoms. The second kappa shape index (κ2) is 4.97. The van der Waals surface area contributed by atoms with Gasteiger partial charge in [0.2, 0.25) is 0 Å². The number of ether oxygens (including phenoxy) is 1. The van der Waals surface area contributed by atoms with Crippen molar-refractivity contribution in [2.75, 3.05) is 12.4 Å². The third-order valence-electron chi connectivity index (χ3n) is 2.81. The molecule has 17 heavy (non-hydrogen) atoms. The van der Waals surface area contributed by atoms with Crippen LogP contribution in [0, 0.1) is 0 Å². The van der Waals surface area contributed by atoms with Gasteiger partial charge in [0.15, 0.2) is 5.60 Å². The number of methoxy groups -OCH3 is 1. The summed E-state index contributed by atoms with van der Waals surface area (Å²) in [6, 6.07) is 9.37. The Morgan fingerprint density at radius 3 is 2.65 bits per heavy atom. The van der Waals surface area contributed by atoms with Gasteiger partial charge in [-0.25, -0.2) is 0 Å². The summed E-state index contributed by atoms with van der Waals surface area (Å²) in [7, 11) is 1.55. The summed E-state index contributed by atoms with van der Waals surface area (Å²) in [5, 5.41) is 2.85. The van der Waals surface area contributed by atoms with Crippen molar-refractivity contribution in [2.45, 2.75) is 12.0 Å². The third-order valence-corrected chi connectivity index (χ3v) is 2.81. The van der Waals surface area contributed by atoms with Gasteiger partial charge in [0.1, 0.15) is 0 Å². The molecule has 0 heterocycles. The van der Waals surface area contributed by atoms with Crippen LogP contribution in [0.1, 0.15) is 6.42 Å². The number of allylic oxidation sites excluding steroid dienone is 2. The Labute approximate surface area is 101 Å². The maximum atomic E-state index is 12.2. The second-order valence-corrected chi connectivity index (χ2v) is 3.91. The van der Waals surface area contributed by atoms with Gasteiger partial charge in [-0.05, 0) is 18.2 Å². The van der Waals surface area contributed by atoms with Gasteiger partial charge in [0.05, 0.1) is 0 Å². The lowest BCUT2D eigenvalue weighted by Gasteiger charge is -2.28. The van der Waals surface area contributed by atoms with E-state index in [1.165, 1.54) is 0 Å². The summed E-state index contributed by atoms with van der Waals surface area (Å²) in [5.41, 5.74) is -0.109. The molecule has 0 saturated heterocycles. The largest absolute Gasteiger partial charge is 0.364 e. The van der Waals surface area contributed by atoms with Crippen molar-refractivity contribution < 1.29 is 9.53 Å².